The lowest BCUT2D eigenvalue weighted by molar-refractivity contribution is 0.246. The molecule has 1 aliphatic rings. The molecule has 0 amide bonds. The topological polar surface area (TPSA) is 94.1 Å². The minimum absolute atomic E-state index is 0.00611. The summed E-state index contributed by atoms with van der Waals surface area (Å²) in [6.45, 7) is 2.28. The van der Waals surface area contributed by atoms with Crippen LogP contribution in [0.2, 0.25) is 0 Å². The molecule has 20 heavy (non-hydrogen) atoms. The van der Waals surface area contributed by atoms with Crippen LogP contribution in [-0.2, 0) is 17.1 Å². The van der Waals surface area contributed by atoms with Crippen molar-refractivity contribution >= 4 is 26.0 Å². The fourth-order valence-corrected chi connectivity index (χ4v) is 5.45. The van der Waals surface area contributed by atoms with Gasteiger partial charge in [-0.05, 0) is 41.6 Å². The zero-order valence-electron chi connectivity index (χ0n) is 11.7. The molecule has 0 radical (unpaired) electrons. The Hall–Kier alpha value is -0.510. The number of hydrogen-bond donors (Lipinski definition) is 1. The summed E-state index contributed by atoms with van der Waals surface area (Å²) >= 11 is 3.16. The van der Waals surface area contributed by atoms with Gasteiger partial charge in [0.25, 0.3) is 10.0 Å². The molecular weight excluding hydrogens is 346 g/mol. The lowest BCUT2D eigenvalue weighted by Gasteiger charge is -2.34. The van der Waals surface area contributed by atoms with Gasteiger partial charge in [0, 0.05) is 25.7 Å². The highest BCUT2D eigenvalue weighted by atomic mass is 79.9. The van der Waals surface area contributed by atoms with Crippen molar-refractivity contribution in [2.45, 2.75) is 49.7 Å². The molecule has 0 aliphatic heterocycles. The van der Waals surface area contributed by atoms with E-state index < -0.39 is 10.0 Å². The van der Waals surface area contributed by atoms with Crippen molar-refractivity contribution in [3.05, 3.63) is 4.60 Å². The third-order valence-electron chi connectivity index (χ3n) is 3.75. The molecule has 9 heteroatoms. The molecule has 0 spiro atoms. The molecule has 7 nitrogen and oxygen atoms in total. The summed E-state index contributed by atoms with van der Waals surface area (Å²) in [7, 11) is -2.02. The van der Waals surface area contributed by atoms with E-state index in [4.69, 9.17) is 5.73 Å². The van der Waals surface area contributed by atoms with E-state index in [1.54, 1.807) is 11.4 Å². The Balaban J connectivity index is 2.31. The second kappa shape index (κ2) is 6.08. The van der Waals surface area contributed by atoms with E-state index >= 15 is 0 Å². The second-order valence-corrected chi connectivity index (χ2v) is 7.64. The molecule has 1 heterocycles. The van der Waals surface area contributed by atoms with Crippen LogP contribution < -0.4 is 5.73 Å². The van der Waals surface area contributed by atoms with Crippen molar-refractivity contribution in [2.24, 2.45) is 12.8 Å². The van der Waals surface area contributed by atoms with Crippen LogP contribution in [0.3, 0.4) is 0 Å². The fraction of sp³-hybridized carbons (Fsp3) is 0.818. The molecule has 1 aromatic heterocycles. The minimum Gasteiger partial charge on any atom is -0.328 e. The smallest absolute Gasteiger partial charge is 0.263 e. The number of rotatable bonds is 4. The van der Waals surface area contributed by atoms with Crippen LogP contribution in [0.4, 0.5) is 0 Å². The Morgan fingerprint density at radius 2 is 2.00 bits per heavy atom. The summed E-state index contributed by atoms with van der Waals surface area (Å²) in [6.07, 6.45) is 3.33. The van der Waals surface area contributed by atoms with E-state index in [0.717, 1.165) is 25.7 Å². The maximum atomic E-state index is 12.8. The second-order valence-electron chi connectivity index (χ2n) is 5.09. The quantitative estimate of drug-likeness (QED) is 0.853. The first-order valence-corrected chi connectivity index (χ1v) is 8.93. The Bertz CT molecular complexity index is 546. The highest BCUT2D eigenvalue weighted by Gasteiger charge is 2.36. The molecule has 0 saturated heterocycles. The standard InChI is InChI=1S/C11H20BrN5O2S/c1-3-17(9-6-4-8(13)5-7-9)20(18,19)11-10(12)14-15-16(11)2/h8-9H,3-7,13H2,1-2H3. The molecule has 114 valence electrons. The Kier molecular flexibility index (Phi) is 4.83. The van der Waals surface area contributed by atoms with E-state index in [1.165, 1.54) is 4.68 Å². The SMILES string of the molecule is CCN(C1CCC(N)CC1)S(=O)(=O)c1c(Br)nnn1C. The summed E-state index contributed by atoms with van der Waals surface area (Å²) in [5, 5.41) is 7.62. The number of sulfonamides is 1. The van der Waals surface area contributed by atoms with Crippen molar-refractivity contribution in [1.29, 1.82) is 0 Å². The molecule has 1 aromatic rings. The maximum absolute atomic E-state index is 12.8. The van der Waals surface area contributed by atoms with Gasteiger partial charge in [-0.3, -0.25) is 0 Å². The van der Waals surface area contributed by atoms with Gasteiger partial charge in [-0.2, -0.15) is 4.31 Å². The highest BCUT2D eigenvalue weighted by Crippen LogP contribution is 2.29. The van der Waals surface area contributed by atoms with Crippen LogP contribution in [0.15, 0.2) is 9.63 Å². The predicted octanol–water partition coefficient (Wildman–Crippen LogP) is 0.858. The summed E-state index contributed by atoms with van der Waals surface area (Å²) in [4.78, 5) is 0. The van der Waals surface area contributed by atoms with Gasteiger partial charge in [0.1, 0.15) is 0 Å². The third kappa shape index (κ3) is 2.90. The lowest BCUT2D eigenvalue weighted by atomic mass is 9.92. The monoisotopic (exact) mass is 365 g/mol. The van der Waals surface area contributed by atoms with Crippen LogP contribution in [0.25, 0.3) is 0 Å². The Labute approximate surface area is 127 Å². The van der Waals surface area contributed by atoms with Crippen molar-refractivity contribution in [3.8, 4) is 0 Å². The molecule has 0 unspecified atom stereocenters. The van der Waals surface area contributed by atoms with E-state index in [2.05, 4.69) is 26.2 Å². The first-order chi connectivity index (χ1) is 9.37. The zero-order chi connectivity index (χ0) is 14.9. The van der Waals surface area contributed by atoms with Crippen LogP contribution in [0.5, 0.6) is 0 Å². The van der Waals surface area contributed by atoms with Crippen LogP contribution >= 0.6 is 15.9 Å². The van der Waals surface area contributed by atoms with Crippen molar-refractivity contribution in [3.63, 3.8) is 0 Å². The van der Waals surface area contributed by atoms with E-state index in [9.17, 15) is 8.42 Å². The zero-order valence-corrected chi connectivity index (χ0v) is 14.1. The van der Waals surface area contributed by atoms with Gasteiger partial charge in [0.05, 0.1) is 0 Å². The van der Waals surface area contributed by atoms with Gasteiger partial charge in [-0.15, -0.1) is 5.10 Å². The number of aryl methyl sites for hydroxylation is 1. The minimum atomic E-state index is -3.60. The molecule has 0 atom stereocenters. The van der Waals surface area contributed by atoms with Crippen LogP contribution in [0, 0.1) is 0 Å². The first kappa shape index (κ1) is 15.9. The van der Waals surface area contributed by atoms with Crippen LogP contribution in [-0.4, -0.2) is 46.3 Å². The van der Waals surface area contributed by atoms with E-state index in [1.807, 2.05) is 6.92 Å². The van der Waals surface area contributed by atoms with Gasteiger partial charge in [0.15, 0.2) is 4.60 Å². The molecule has 2 rings (SSSR count). The number of hydrogen-bond acceptors (Lipinski definition) is 5. The average Bonchev–Trinajstić information content (AvgIpc) is 2.72. The highest BCUT2D eigenvalue weighted by molar-refractivity contribution is 9.10. The molecule has 1 aliphatic carbocycles. The maximum Gasteiger partial charge on any atom is 0.263 e. The molecule has 1 saturated carbocycles. The normalized spacial score (nSPS) is 24.2. The largest absolute Gasteiger partial charge is 0.328 e. The summed E-state index contributed by atoms with van der Waals surface area (Å²) in [6, 6.07) is 0.198. The molecule has 1 fully saturated rings. The van der Waals surface area contributed by atoms with Crippen molar-refractivity contribution < 1.29 is 8.42 Å². The van der Waals surface area contributed by atoms with Gasteiger partial charge in [-0.25, -0.2) is 13.1 Å². The first-order valence-electron chi connectivity index (χ1n) is 6.70. The fourth-order valence-electron chi connectivity index (χ4n) is 2.72. The van der Waals surface area contributed by atoms with Gasteiger partial charge < -0.3 is 5.73 Å². The lowest BCUT2D eigenvalue weighted by Crippen LogP contribution is -2.44. The van der Waals surface area contributed by atoms with Crippen LogP contribution in [0.1, 0.15) is 32.6 Å². The number of halogens is 1. The third-order valence-corrected chi connectivity index (χ3v) is 6.67. The number of aromatic nitrogens is 3. The van der Waals surface area contributed by atoms with E-state index in [0.29, 0.717) is 6.54 Å². The number of nitrogens with zero attached hydrogens (tertiary/aromatic N) is 4. The van der Waals surface area contributed by atoms with E-state index in [-0.39, 0.29) is 21.7 Å². The Morgan fingerprint density at radius 3 is 2.45 bits per heavy atom. The number of nitrogens with two attached hydrogens (primary N) is 1. The average molecular weight is 366 g/mol. The van der Waals surface area contributed by atoms with Gasteiger partial charge in [-0.1, -0.05) is 12.1 Å². The molecule has 0 bridgehead atoms. The molecular formula is C11H20BrN5O2S. The Morgan fingerprint density at radius 1 is 1.40 bits per heavy atom. The molecule has 0 aromatic carbocycles. The summed E-state index contributed by atoms with van der Waals surface area (Å²) < 4.78 is 28.7. The summed E-state index contributed by atoms with van der Waals surface area (Å²) in [5.41, 5.74) is 5.89. The predicted molar refractivity (Wildman–Crippen MR) is 78.5 cm³/mol. The van der Waals surface area contributed by atoms with Crippen molar-refractivity contribution in [2.75, 3.05) is 6.54 Å². The van der Waals surface area contributed by atoms with Gasteiger partial charge >= 0.3 is 0 Å². The summed E-state index contributed by atoms with van der Waals surface area (Å²) in [5.74, 6) is 0. The molecule has 2 N–H and O–H groups in total. The van der Waals surface area contributed by atoms with Gasteiger partial charge in [0.2, 0.25) is 5.03 Å². The van der Waals surface area contributed by atoms with Crippen molar-refractivity contribution in [1.82, 2.24) is 19.3 Å².